The minimum atomic E-state index is -0.335. The molecule has 86 valence electrons. The summed E-state index contributed by atoms with van der Waals surface area (Å²) in [4.78, 5) is 12.1. The van der Waals surface area contributed by atoms with Gasteiger partial charge in [0.15, 0.2) is 5.78 Å². The number of aryl methyl sites for hydroxylation is 1. The maximum absolute atomic E-state index is 12.9. The van der Waals surface area contributed by atoms with E-state index in [1.54, 1.807) is 13.0 Å². The second-order valence-electron chi connectivity index (χ2n) is 4.18. The Morgan fingerprint density at radius 2 is 2.25 bits per heavy atom. The number of Topliss-reactive ketones (excluding diaryl/α,β-unsaturated/α-hetero) is 1. The van der Waals surface area contributed by atoms with Crippen molar-refractivity contribution in [1.29, 1.82) is 0 Å². The fourth-order valence-electron chi connectivity index (χ4n) is 2.02. The van der Waals surface area contributed by atoms with Crippen LogP contribution in [0.1, 0.15) is 35.2 Å². The highest BCUT2D eigenvalue weighted by atomic mass is 19.1. The third-order valence-electron chi connectivity index (χ3n) is 2.93. The van der Waals surface area contributed by atoms with Crippen LogP contribution in [0.25, 0.3) is 0 Å². The van der Waals surface area contributed by atoms with E-state index < -0.39 is 0 Å². The summed E-state index contributed by atoms with van der Waals surface area (Å²) in [7, 11) is 0. The summed E-state index contributed by atoms with van der Waals surface area (Å²) in [5, 5.41) is 0. The molecule has 0 radical (unpaired) electrons. The van der Waals surface area contributed by atoms with Crippen LogP contribution in [0.15, 0.2) is 18.2 Å². The number of carbonyl (C=O) groups is 1. The van der Waals surface area contributed by atoms with Gasteiger partial charge < -0.3 is 4.74 Å². The van der Waals surface area contributed by atoms with Gasteiger partial charge in [0.05, 0.1) is 0 Å². The molecule has 1 unspecified atom stereocenters. The smallest absolute Gasteiger partial charge is 0.191 e. The fourth-order valence-corrected chi connectivity index (χ4v) is 2.02. The van der Waals surface area contributed by atoms with Crippen LogP contribution in [0.2, 0.25) is 0 Å². The summed E-state index contributed by atoms with van der Waals surface area (Å²) in [6, 6.07) is 4.25. The Morgan fingerprint density at radius 1 is 1.44 bits per heavy atom. The van der Waals surface area contributed by atoms with Crippen LogP contribution in [0.5, 0.6) is 0 Å². The van der Waals surface area contributed by atoms with Crippen molar-refractivity contribution in [2.24, 2.45) is 0 Å². The molecule has 2 nitrogen and oxygen atoms in total. The Bertz CT molecular complexity index is 395. The Kier molecular flexibility index (Phi) is 3.34. The third kappa shape index (κ3) is 2.30. The molecule has 0 amide bonds. The zero-order valence-corrected chi connectivity index (χ0v) is 9.33. The molecule has 0 spiro atoms. The van der Waals surface area contributed by atoms with Crippen LogP contribution in [0.3, 0.4) is 0 Å². The van der Waals surface area contributed by atoms with Crippen molar-refractivity contribution in [3.05, 3.63) is 35.1 Å². The molecule has 1 aromatic carbocycles. The van der Waals surface area contributed by atoms with Crippen molar-refractivity contribution in [3.63, 3.8) is 0 Å². The lowest BCUT2D eigenvalue weighted by molar-refractivity contribution is 0.0186. The molecule has 1 aromatic rings. The second kappa shape index (κ2) is 4.74. The Balaban J connectivity index is 2.19. The number of carbonyl (C=O) groups excluding carboxylic acids is 1. The summed E-state index contributed by atoms with van der Waals surface area (Å²) >= 11 is 0. The molecule has 2 rings (SSSR count). The van der Waals surface area contributed by atoms with Gasteiger partial charge in [-0.1, -0.05) is 0 Å². The first-order valence-corrected chi connectivity index (χ1v) is 5.60. The molecule has 16 heavy (non-hydrogen) atoms. The van der Waals surface area contributed by atoms with E-state index in [9.17, 15) is 9.18 Å². The summed E-state index contributed by atoms with van der Waals surface area (Å²) in [5.41, 5.74) is 1.26. The Hall–Kier alpha value is -1.22. The molecule has 1 fully saturated rings. The third-order valence-corrected chi connectivity index (χ3v) is 2.93. The molecule has 1 saturated heterocycles. The normalized spacial score (nSPS) is 20.8. The van der Waals surface area contributed by atoms with E-state index in [4.69, 9.17) is 4.74 Å². The van der Waals surface area contributed by atoms with Crippen LogP contribution < -0.4 is 0 Å². The number of hydrogen-bond acceptors (Lipinski definition) is 2. The number of halogens is 1. The van der Waals surface area contributed by atoms with E-state index in [-0.39, 0.29) is 17.7 Å². The van der Waals surface area contributed by atoms with Crippen LogP contribution in [-0.2, 0) is 4.74 Å². The van der Waals surface area contributed by atoms with E-state index in [2.05, 4.69) is 0 Å². The van der Waals surface area contributed by atoms with Gasteiger partial charge in [0, 0.05) is 12.2 Å². The van der Waals surface area contributed by atoms with E-state index in [0.29, 0.717) is 17.7 Å². The molecule has 0 aromatic heterocycles. The van der Waals surface area contributed by atoms with Gasteiger partial charge in [0.2, 0.25) is 0 Å². The molecule has 1 heterocycles. The molecule has 1 aliphatic heterocycles. The van der Waals surface area contributed by atoms with E-state index in [1.165, 1.54) is 12.1 Å². The van der Waals surface area contributed by atoms with E-state index >= 15 is 0 Å². The first kappa shape index (κ1) is 11.3. The average molecular weight is 222 g/mol. The largest absolute Gasteiger partial charge is 0.370 e. The number of ether oxygens (including phenoxy) is 1. The fraction of sp³-hybridized carbons (Fsp3) is 0.462. The highest BCUT2D eigenvalue weighted by molar-refractivity contribution is 6.00. The zero-order valence-electron chi connectivity index (χ0n) is 9.33. The van der Waals surface area contributed by atoms with Crippen molar-refractivity contribution in [2.45, 2.75) is 32.3 Å². The Labute approximate surface area is 94.4 Å². The van der Waals surface area contributed by atoms with Crippen molar-refractivity contribution in [1.82, 2.24) is 0 Å². The average Bonchev–Trinajstić information content (AvgIpc) is 2.29. The topological polar surface area (TPSA) is 26.3 Å². The number of hydrogen-bond donors (Lipinski definition) is 0. The minimum Gasteiger partial charge on any atom is -0.370 e. The molecule has 0 saturated carbocycles. The Morgan fingerprint density at radius 3 is 2.88 bits per heavy atom. The molecule has 0 aliphatic carbocycles. The van der Waals surface area contributed by atoms with Gasteiger partial charge in [0.25, 0.3) is 0 Å². The van der Waals surface area contributed by atoms with Gasteiger partial charge >= 0.3 is 0 Å². The van der Waals surface area contributed by atoms with Crippen LogP contribution in [0.4, 0.5) is 4.39 Å². The maximum Gasteiger partial charge on any atom is 0.191 e. The van der Waals surface area contributed by atoms with Gasteiger partial charge in [-0.05, 0) is 49.9 Å². The van der Waals surface area contributed by atoms with Crippen LogP contribution in [0, 0.1) is 12.7 Å². The van der Waals surface area contributed by atoms with Gasteiger partial charge in [0.1, 0.15) is 11.9 Å². The number of ketones is 1. The summed E-state index contributed by atoms with van der Waals surface area (Å²) in [6.45, 7) is 2.40. The lowest BCUT2D eigenvalue weighted by atomic mass is 9.97. The summed E-state index contributed by atoms with van der Waals surface area (Å²) in [5.74, 6) is -0.323. The number of rotatable bonds is 2. The lowest BCUT2D eigenvalue weighted by Crippen LogP contribution is -2.28. The monoisotopic (exact) mass is 222 g/mol. The highest BCUT2D eigenvalue weighted by Crippen LogP contribution is 2.19. The minimum absolute atomic E-state index is 0.0165. The van der Waals surface area contributed by atoms with E-state index in [1.807, 2.05) is 0 Å². The highest BCUT2D eigenvalue weighted by Gasteiger charge is 2.24. The van der Waals surface area contributed by atoms with Gasteiger partial charge in [-0.15, -0.1) is 0 Å². The van der Waals surface area contributed by atoms with E-state index in [0.717, 1.165) is 19.3 Å². The summed E-state index contributed by atoms with van der Waals surface area (Å²) in [6.07, 6.45) is 2.48. The van der Waals surface area contributed by atoms with Crippen molar-refractivity contribution >= 4 is 5.78 Å². The first-order chi connectivity index (χ1) is 7.68. The zero-order chi connectivity index (χ0) is 11.5. The number of benzene rings is 1. The van der Waals surface area contributed by atoms with Gasteiger partial charge in [-0.2, -0.15) is 0 Å². The van der Waals surface area contributed by atoms with Crippen molar-refractivity contribution < 1.29 is 13.9 Å². The first-order valence-electron chi connectivity index (χ1n) is 5.60. The SMILES string of the molecule is Cc1cc(F)ccc1C(=O)C1CCCCO1. The molecule has 3 heteroatoms. The standard InChI is InChI=1S/C13H15FO2/c1-9-8-10(14)5-6-11(9)13(15)12-4-2-3-7-16-12/h5-6,8,12H,2-4,7H2,1H3. The summed E-state index contributed by atoms with van der Waals surface area (Å²) < 4.78 is 18.3. The predicted octanol–water partition coefficient (Wildman–Crippen LogP) is 2.89. The quantitative estimate of drug-likeness (QED) is 0.719. The van der Waals surface area contributed by atoms with Crippen molar-refractivity contribution in [3.8, 4) is 0 Å². The van der Waals surface area contributed by atoms with Crippen LogP contribution >= 0.6 is 0 Å². The lowest BCUT2D eigenvalue weighted by Gasteiger charge is -2.21. The molecule has 0 N–H and O–H groups in total. The molecule has 1 atom stereocenters. The molecule has 1 aliphatic rings. The molecular weight excluding hydrogens is 207 g/mol. The molecular formula is C13H15FO2. The van der Waals surface area contributed by atoms with Crippen LogP contribution in [-0.4, -0.2) is 18.5 Å². The maximum atomic E-state index is 12.9. The van der Waals surface area contributed by atoms with Gasteiger partial charge in [-0.25, -0.2) is 4.39 Å². The second-order valence-corrected chi connectivity index (χ2v) is 4.18. The predicted molar refractivity (Wildman–Crippen MR) is 59.1 cm³/mol. The molecule has 0 bridgehead atoms. The van der Waals surface area contributed by atoms with Gasteiger partial charge in [-0.3, -0.25) is 4.79 Å². The van der Waals surface area contributed by atoms with Crippen molar-refractivity contribution in [2.75, 3.05) is 6.61 Å².